The minimum atomic E-state index is 0.925. The van der Waals surface area contributed by atoms with Crippen LogP contribution in [0.3, 0.4) is 0 Å². The van der Waals surface area contributed by atoms with Gasteiger partial charge in [0.05, 0.1) is 5.52 Å². The van der Waals surface area contributed by atoms with Crippen molar-refractivity contribution in [2.45, 2.75) is 19.8 Å². The Morgan fingerprint density at radius 1 is 0.786 bits per heavy atom. The second-order valence-electron chi connectivity index (χ2n) is 7.16. The van der Waals surface area contributed by atoms with Gasteiger partial charge in [-0.25, -0.2) is 0 Å². The summed E-state index contributed by atoms with van der Waals surface area (Å²) in [5.74, 6) is 6.73. The van der Waals surface area contributed by atoms with E-state index < -0.39 is 0 Å². The van der Waals surface area contributed by atoms with Gasteiger partial charge in [-0.05, 0) is 41.1 Å². The van der Waals surface area contributed by atoms with Gasteiger partial charge in [-0.3, -0.25) is 0 Å². The molecule has 1 aromatic heterocycles. The molecule has 1 nitrogen and oxygen atoms in total. The molecule has 0 aliphatic rings. The Kier molecular flexibility index (Phi) is 4.11. The molecule has 28 heavy (non-hydrogen) atoms. The van der Waals surface area contributed by atoms with Crippen LogP contribution in [0.1, 0.15) is 25.3 Å². The van der Waals surface area contributed by atoms with Crippen molar-refractivity contribution in [2.24, 2.45) is 0 Å². The van der Waals surface area contributed by atoms with Crippen LogP contribution in [-0.2, 0) is 0 Å². The van der Waals surface area contributed by atoms with Crippen LogP contribution in [0.5, 0.6) is 0 Å². The van der Waals surface area contributed by atoms with Crippen molar-refractivity contribution in [3.8, 4) is 23.0 Å². The van der Waals surface area contributed by atoms with E-state index in [0.29, 0.717) is 0 Å². The minimum absolute atomic E-state index is 0.925. The van der Waals surface area contributed by atoms with E-state index in [0.717, 1.165) is 18.4 Å². The van der Waals surface area contributed by atoms with Crippen LogP contribution in [0.25, 0.3) is 43.7 Å². The normalized spacial score (nSPS) is 11.0. The molecule has 0 bridgehead atoms. The van der Waals surface area contributed by atoms with Gasteiger partial charge in [-0.15, -0.1) is 0 Å². The molecule has 5 rings (SSSR count). The van der Waals surface area contributed by atoms with Crippen LogP contribution in [0.4, 0.5) is 0 Å². The Morgan fingerprint density at radius 3 is 2.43 bits per heavy atom. The maximum atomic E-state index is 3.67. The molecule has 1 heterocycles. The first kappa shape index (κ1) is 16.7. The van der Waals surface area contributed by atoms with Crippen LogP contribution < -0.4 is 0 Å². The first-order valence-electron chi connectivity index (χ1n) is 9.87. The van der Waals surface area contributed by atoms with Gasteiger partial charge in [0.25, 0.3) is 0 Å². The van der Waals surface area contributed by atoms with Gasteiger partial charge in [-0.2, -0.15) is 0 Å². The van der Waals surface area contributed by atoms with Crippen LogP contribution in [-0.4, -0.2) is 4.98 Å². The third-order valence-corrected chi connectivity index (χ3v) is 5.32. The second kappa shape index (κ2) is 6.91. The number of benzene rings is 4. The number of nitrogens with one attached hydrogen (secondary N) is 1. The Labute approximate surface area is 165 Å². The molecule has 1 heteroatoms. The third-order valence-electron chi connectivity index (χ3n) is 5.32. The number of aromatic nitrogens is 1. The summed E-state index contributed by atoms with van der Waals surface area (Å²) in [5.41, 5.74) is 5.91. The summed E-state index contributed by atoms with van der Waals surface area (Å²) in [6, 6.07) is 28.0. The molecule has 0 saturated heterocycles. The molecule has 0 aliphatic heterocycles. The molecule has 134 valence electrons. The molecule has 4 aromatic carbocycles. The van der Waals surface area contributed by atoms with E-state index in [1.165, 1.54) is 43.7 Å². The molecule has 0 fully saturated rings. The highest BCUT2D eigenvalue weighted by molar-refractivity contribution is 6.23. The topological polar surface area (TPSA) is 15.8 Å². The van der Waals surface area contributed by atoms with Crippen molar-refractivity contribution >= 4 is 32.6 Å². The summed E-state index contributed by atoms with van der Waals surface area (Å²) >= 11 is 0. The van der Waals surface area contributed by atoms with Crippen molar-refractivity contribution in [2.75, 3.05) is 0 Å². The van der Waals surface area contributed by atoms with Gasteiger partial charge in [0.1, 0.15) is 0 Å². The standard InChI is InChI=1S/C27H21N/c1-2-3-4-11-19-12-5-7-14-21(19)24-18-20-13-6-8-15-22(20)27-26(24)23-16-9-10-17-25(23)28-27/h5-10,12-18,28H,2-3H2,1H3. The fourth-order valence-electron chi connectivity index (χ4n) is 4.02. The number of hydrogen-bond acceptors (Lipinski definition) is 0. The summed E-state index contributed by atoms with van der Waals surface area (Å²) in [6.45, 7) is 2.17. The van der Waals surface area contributed by atoms with Crippen molar-refractivity contribution < 1.29 is 0 Å². The number of para-hydroxylation sites is 1. The molecule has 0 spiro atoms. The average molecular weight is 359 g/mol. The van der Waals surface area contributed by atoms with Crippen LogP contribution in [0, 0.1) is 11.8 Å². The zero-order chi connectivity index (χ0) is 18.9. The summed E-state index contributed by atoms with van der Waals surface area (Å²) < 4.78 is 0. The van der Waals surface area contributed by atoms with Crippen molar-refractivity contribution in [1.82, 2.24) is 4.98 Å². The predicted octanol–water partition coefficient (Wildman–Crippen LogP) is 7.29. The number of rotatable bonds is 2. The van der Waals surface area contributed by atoms with E-state index in [1.54, 1.807) is 0 Å². The average Bonchev–Trinajstić information content (AvgIpc) is 3.14. The van der Waals surface area contributed by atoms with Crippen LogP contribution >= 0.6 is 0 Å². The molecule has 0 amide bonds. The highest BCUT2D eigenvalue weighted by Crippen LogP contribution is 2.40. The van der Waals surface area contributed by atoms with Gasteiger partial charge >= 0.3 is 0 Å². The number of aromatic amines is 1. The summed E-state index contributed by atoms with van der Waals surface area (Å²) in [6.07, 6.45) is 2.01. The van der Waals surface area contributed by atoms with Gasteiger partial charge < -0.3 is 4.98 Å². The van der Waals surface area contributed by atoms with E-state index in [2.05, 4.69) is 103 Å². The van der Waals surface area contributed by atoms with E-state index in [9.17, 15) is 0 Å². The van der Waals surface area contributed by atoms with Gasteiger partial charge in [0, 0.05) is 33.7 Å². The molecule has 0 atom stereocenters. The monoisotopic (exact) mass is 359 g/mol. The molecule has 0 radical (unpaired) electrons. The number of H-pyrrole nitrogens is 1. The third kappa shape index (κ3) is 2.66. The first-order chi connectivity index (χ1) is 13.9. The molecule has 5 aromatic rings. The maximum absolute atomic E-state index is 3.67. The van der Waals surface area contributed by atoms with Crippen molar-refractivity contribution in [3.63, 3.8) is 0 Å². The van der Waals surface area contributed by atoms with Crippen molar-refractivity contribution in [3.05, 3.63) is 84.4 Å². The van der Waals surface area contributed by atoms with Crippen LogP contribution in [0.2, 0.25) is 0 Å². The molecular weight excluding hydrogens is 338 g/mol. The Hall–Kier alpha value is -3.50. The minimum Gasteiger partial charge on any atom is -0.354 e. The molecule has 0 saturated carbocycles. The Morgan fingerprint density at radius 2 is 1.54 bits per heavy atom. The molecule has 0 aliphatic carbocycles. The largest absolute Gasteiger partial charge is 0.354 e. The lowest BCUT2D eigenvalue weighted by Gasteiger charge is -2.10. The van der Waals surface area contributed by atoms with E-state index in [4.69, 9.17) is 0 Å². The quantitative estimate of drug-likeness (QED) is 0.318. The molecule has 1 N–H and O–H groups in total. The zero-order valence-corrected chi connectivity index (χ0v) is 15.9. The Bertz CT molecular complexity index is 1380. The lowest BCUT2D eigenvalue weighted by molar-refractivity contribution is 0.983. The van der Waals surface area contributed by atoms with E-state index in [1.807, 2.05) is 0 Å². The van der Waals surface area contributed by atoms with Crippen molar-refractivity contribution in [1.29, 1.82) is 0 Å². The van der Waals surface area contributed by atoms with Crippen LogP contribution in [0.15, 0.2) is 78.9 Å². The van der Waals surface area contributed by atoms with Gasteiger partial charge in [0.15, 0.2) is 0 Å². The number of fused-ring (bicyclic) bond motifs is 5. The number of hydrogen-bond donors (Lipinski definition) is 1. The molecular formula is C27H21N. The smallest absolute Gasteiger partial charge is 0.0550 e. The highest BCUT2D eigenvalue weighted by atomic mass is 14.7. The predicted molar refractivity (Wildman–Crippen MR) is 121 cm³/mol. The first-order valence-corrected chi connectivity index (χ1v) is 9.87. The van der Waals surface area contributed by atoms with Gasteiger partial charge in [0.2, 0.25) is 0 Å². The summed E-state index contributed by atoms with van der Waals surface area (Å²) in [5, 5.41) is 5.04. The lowest BCUT2D eigenvalue weighted by Crippen LogP contribution is -1.87. The SMILES string of the molecule is CCCC#Cc1ccccc1-c1cc2ccccc2c2[nH]c3ccccc3c12. The highest BCUT2D eigenvalue weighted by Gasteiger charge is 2.15. The summed E-state index contributed by atoms with van der Waals surface area (Å²) in [4.78, 5) is 3.67. The maximum Gasteiger partial charge on any atom is 0.0550 e. The second-order valence-corrected chi connectivity index (χ2v) is 7.16. The van der Waals surface area contributed by atoms with Gasteiger partial charge in [-0.1, -0.05) is 79.4 Å². The van der Waals surface area contributed by atoms with E-state index in [-0.39, 0.29) is 0 Å². The zero-order valence-electron chi connectivity index (χ0n) is 15.9. The fraction of sp³-hybridized carbons (Fsp3) is 0.111. The number of unbranched alkanes of at least 4 members (excludes halogenated alkanes) is 1. The fourth-order valence-corrected chi connectivity index (χ4v) is 4.02. The summed E-state index contributed by atoms with van der Waals surface area (Å²) in [7, 11) is 0. The van der Waals surface area contributed by atoms with E-state index >= 15 is 0 Å². The molecule has 0 unspecified atom stereocenters. The Balaban J connectivity index is 1.91. The lowest BCUT2D eigenvalue weighted by atomic mass is 9.92.